The van der Waals surface area contributed by atoms with E-state index in [4.69, 9.17) is 9.47 Å². The normalized spacial score (nSPS) is 36.2. The molecule has 2 bridgehead atoms. The standard InChI is InChI=1S/C13H22O6S.Na/c14-10(15)4-6-20-7-9-8-3-1-2-5-18-13(19-9)12(17)11(8)16;/h8-9,11-13,16-17H,1-7H2,(H,14,15);/q;+1/p-1. The molecule has 0 aromatic rings. The Morgan fingerprint density at radius 1 is 1.29 bits per heavy atom. The van der Waals surface area contributed by atoms with Gasteiger partial charge >= 0.3 is 29.6 Å². The minimum atomic E-state index is -1.06. The van der Waals surface area contributed by atoms with Crippen LogP contribution in [0.5, 0.6) is 0 Å². The zero-order chi connectivity index (χ0) is 14.5. The zero-order valence-corrected chi connectivity index (χ0v) is 15.1. The van der Waals surface area contributed by atoms with Crippen molar-refractivity contribution in [2.45, 2.75) is 50.3 Å². The van der Waals surface area contributed by atoms with Gasteiger partial charge in [0, 0.05) is 24.2 Å². The van der Waals surface area contributed by atoms with Gasteiger partial charge in [0.2, 0.25) is 0 Å². The molecule has 0 amide bonds. The van der Waals surface area contributed by atoms with Crippen molar-refractivity contribution in [1.29, 1.82) is 0 Å². The van der Waals surface area contributed by atoms with Crippen LogP contribution in [-0.2, 0) is 14.3 Å². The molecule has 3 aliphatic heterocycles. The first-order valence-corrected chi connectivity index (χ1v) is 8.16. The van der Waals surface area contributed by atoms with E-state index in [-0.39, 0.29) is 48.0 Å². The maximum Gasteiger partial charge on any atom is 1.00 e. The maximum atomic E-state index is 10.4. The second kappa shape index (κ2) is 9.72. The first-order chi connectivity index (χ1) is 9.59. The Bertz CT molecular complexity index is 330. The summed E-state index contributed by atoms with van der Waals surface area (Å²) in [6, 6.07) is 0. The van der Waals surface area contributed by atoms with Crippen molar-refractivity contribution in [3.05, 3.63) is 0 Å². The van der Waals surface area contributed by atoms with Gasteiger partial charge < -0.3 is 29.6 Å². The van der Waals surface area contributed by atoms with Crippen LogP contribution in [0, 0.1) is 5.92 Å². The van der Waals surface area contributed by atoms with Gasteiger partial charge in [-0.15, -0.1) is 0 Å². The van der Waals surface area contributed by atoms with Crippen molar-refractivity contribution in [1.82, 2.24) is 0 Å². The Balaban J connectivity index is 0.00000220. The fourth-order valence-corrected chi connectivity index (χ4v) is 3.72. The number of hydrogen-bond donors (Lipinski definition) is 2. The molecule has 3 heterocycles. The van der Waals surface area contributed by atoms with Crippen LogP contribution in [0.2, 0.25) is 0 Å². The molecule has 8 heteroatoms. The van der Waals surface area contributed by atoms with Gasteiger partial charge in [-0.05, 0) is 25.0 Å². The molecule has 3 fully saturated rings. The van der Waals surface area contributed by atoms with E-state index in [0.29, 0.717) is 18.1 Å². The van der Waals surface area contributed by atoms with Gasteiger partial charge in [0.15, 0.2) is 6.29 Å². The van der Waals surface area contributed by atoms with Crippen LogP contribution < -0.4 is 34.7 Å². The van der Waals surface area contributed by atoms with Gasteiger partial charge in [0.05, 0.1) is 12.2 Å². The second-order valence-corrected chi connectivity index (χ2v) is 6.40. The predicted octanol–water partition coefficient (Wildman–Crippen LogP) is -3.87. The molecule has 5 unspecified atom stereocenters. The monoisotopic (exact) mass is 328 g/mol. The first kappa shape index (κ1) is 19.7. The van der Waals surface area contributed by atoms with Gasteiger partial charge in [-0.2, -0.15) is 11.8 Å². The van der Waals surface area contributed by atoms with Gasteiger partial charge in [-0.25, -0.2) is 0 Å². The van der Waals surface area contributed by atoms with Gasteiger partial charge in [-0.3, -0.25) is 0 Å². The number of hydrogen-bond acceptors (Lipinski definition) is 7. The Hall–Kier alpha value is 0.660. The summed E-state index contributed by atoms with van der Waals surface area (Å²) >= 11 is 1.46. The molecule has 2 N–H and O–H groups in total. The Labute approximate surface area is 150 Å². The van der Waals surface area contributed by atoms with Crippen molar-refractivity contribution in [2.24, 2.45) is 5.92 Å². The summed E-state index contributed by atoms with van der Waals surface area (Å²) in [5, 5.41) is 30.5. The van der Waals surface area contributed by atoms with Crippen LogP contribution in [0.1, 0.15) is 25.7 Å². The smallest absolute Gasteiger partial charge is 0.550 e. The van der Waals surface area contributed by atoms with Crippen molar-refractivity contribution >= 4 is 17.7 Å². The van der Waals surface area contributed by atoms with Crippen molar-refractivity contribution in [2.75, 3.05) is 18.1 Å². The van der Waals surface area contributed by atoms with E-state index in [2.05, 4.69) is 0 Å². The van der Waals surface area contributed by atoms with Crippen LogP contribution in [-0.4, -0.2) is 58.9 Å². The molecule has 116 valence electrons. The van der Waals surface area contributed by atoms with E-state index >= 15 is 0 Å². The average molecular weight is 328 g/mol. The number of carboxylic acid groups (broad SMARTS) is 1. The number of rotatable bonds is 5. The Kier molecular flexibility index (Phi) is 9.12. The topological polar surface area (TPSA) is 99.1 Å². The number of carboxylic acids is 1. The van der Waals surface area contributed by atoms with Crippen LogP contribution >= 0.6 is 11.8 Å². The number of aliphatic carboxylic acids is 1. The predicted molar refractivity (Wildman–Crippen MR) is 70.9 cm³/mol. The van der Waals surface area contributed by atoms with E-state index < -0.39 is 24.5 Å². The van der Waals surface area contributed by atoms with E-state index in [9.17, 15) is 20.1 Å². The number of carbonyl (C=O) groups is 1. The largest absolute Gasteiger partial charge is 1.00 e. The SMILES string of the molecule is O=C([O-])CCSCC1OC2OCCCCC1C(O)C2O.[Na+]. The van der Waals surface area contributed by atoms with Gasteiger partial charge in [-0.1, -0.05) is 6.42 Å². The van der Waals surface area contributed by atoms with Crippen molar-refractivity contribution < 1.29 is 59.1 Å². The number of ether oxygens (including phenoxy) is 2. The molecule has 0 radical (unpaired) electrons. The molecule has 21 heavy (non-hydrogen) atoms. The molecule has 3 saturated heterocycles. The summed E-state index contributed by atoms with van der Waals surface area (Å²) < 4.78 is 11.2. The summed E-state index contributed by atoms with van der Waals surface area (Å²) in [6.07, 6.45) is -0.270. The van der Waals surface area contributed by atoms with E-state index in [1.165, 1.54) is 11.8 Å². The molecule has 0 spiro atoms. The molecule has 0 aromatic carbocycles. The van der Waals surface area contributed by atoms with E-state index in [1.807, 2.05) is 0 Å². The molecule has 5 atom stereocenters. The average Bonchev–Trinajstić information content (AvgIpc) is 2.54. The number of aliphatic hydroxyl groups excluding tert-OH is 2. The third kappa shape index (κ3) is 5.66. The summed E-state index contributed by atoms with van der Waals surface area (Å²) in [4.78, 5) is 10.4. The van der Waals surface area contributed by atoms with Gasteiger partial charge in [0.1, 0.15) is 6.10 Å². The molecule has 3 rings (SSSR count). The van der Waals surface area contributed by atoms with Crippen LogP contribution in [0.25, 0.3) is 0 Å². The fraction of sp³-hybridized carbons (Fsp3) is 0.923. The zero-order valence-electron chi connectivity index (χ0n) is 12.3. The van der Waals surface area contributed by atoms with Gasteiger partial charge in [0.25, 0.3) is 0 Å². The van der Waals surface area contributed by atoms with Crippen molar-refractivity contribution in [3.63, 3.8) is 0 Å². The summed E-state index contributed by atoms with van der Waals surface area (Å²) in [6.45, 7) is 0.520. The third-order valence-corrected chi connectivity index (χ3v) is 4.86. The minimum Gasteiger partial charge on any atom is -0.550 e. The first-order valence-electron chi connectivity index (χ1n) is 7.00. The fourth-order valence-electron chi connectivity index (χ4n) is 2.68. The number of aliphatic hydroxyl groups is 2. The summed E-state index contributed by atoms with van der Waals surface area (Å²) in [5.41, 5.74) is 0. The van der Waals surface area contributed by atoms with E-state index in [0.717, 1.165) is 19.3 Å². The summed E-state index contributed by atoms with van der Waals surface area (Å²) in [5.74, 6) is -0.146. The maximum absolute atomic E-state index is 10.4. The van der Waals surface area contributed by atoms with E-state index in [1.54, 1.807) is 0 Å². The summed E-state index contributed by atoms with van der Waals surface area (Å²) in [7, 11) is 0. The molecule has 0 saturated carbocycles. The van der Waals surface area contributed by atoms with Crippen LogP contribution in [0.3, 0.4) is 0 Å². The molecule has 6 nitrogen and oxygen atoms in total. The van der Waals surface area contributed by atoms with Crippen molar-refractivity contribution in [3.8, 4) is 0 Å². The van der Waals surface area contributed by atoms with Crippen LogP contribution in [0.4, 0.5) is 0 Å². The number of thioether (sulfide) groups is 1. The Morgan fingerprint density at radius 2 is 2.05 bits per heavy atom. The minimum absolute atomic E-state index is 0. The second-order valence-electron chi connectivity index (χ2n) is 5.25. The Morgan fingerprint density at radius 3 is 2.76 bits per heavy atom. The quantitative estimate of drug-likeness (QED) is 0.393. The molecule has 0 aromatic heterocycles. The molecular formula is C13H21NaO6S. The van der Waals surface area contributed by atoms with Crippen LogP contribution in [0.15, 0.2) is 0 Å². The number of fused-ring (bicyclic) bond motifs is 6. The third-order valence-electron chi connectivity index (χ3n) is 3.80. The molecule has 3 aliphatic rings. The molecule has 0 aliphatic carbocycles. The molecular weight excluding hydrogens is 307 g/mol. The number of carbonyl (C=O) groups excluding carboxylic acids is 1.